The molecule has 0 unspecified atom stereocenters. The van der Waals surface area contributed by atoms with E-state index in [1.807, 2.05) is 43.3 Å². The van der Waals surface area contributed by atoms with Crippen molar-refractivity contribution in [3.05, 3.63) is 81.0 Å². The minimum absolute atomic E-state index is 0.153. The van der Waals surface area contributed by atoms with Crippen molar-refractivity contribution < 1.29 is 9.66 Å². The first-order valence-corrected chi connectivity index (χ1v) is 11.4. The van der Waals surface area contributed by atoms with Crippen LogP contribution < -0.4 is 9.64 Å². The highest BCUT2D eigenvalue weighted by molar-refractivity contribution is 5.45. The monoisotopic (exact) mass is 445 g/mol. The lowest BCUT2D eigenvalue weighted by atomic mass is 10.0. The largest absolute Gasteiger partial charge is 0.438 e. The van der Waals surface area contributed by atoms with Crippen LogP contribution >= 0.6 is 0 Å². The Morgan fingerprint density at radius 1 is 1.06 bits per heavy atom. The minimum Gasteiger partial charge on any atom is -0.438 e. The SMILES string of the molecule is Cc1cccc(Oc2nc(N3CCCC3)nc3c2CN(Cc2ccccc2[N+](=O)[O-])CC3)c1. The Balaban J connectivity index is 1.46. The summed E-state index contributed by atoms with van der Waals surface area (Å²) in [4.78, 5) is 25.3. The minimum atomic E-state index is -0.315. The summed E-state index contributed by atoms with van der Waals surface area (Å²) in [5.74, 6) is 2.07. The van der Waals surface area contributed by atoms with E-state index in [2.05, 4.69) is 9.80 Å². The first-order valence-electron chi connectivity index (χ1n) is 11.4. The van der Waals surface area contributed by atoms with Crippen molar-refractivity contribution in [2.45, 2.75) is 39.3 Å². The van der Waals surface area contributed by atoms with Gasteiger partial charge in [0, 0.05) is 50.8 Å². The topological polar surface area (TPSA) is 84.6 Å². The van der Waals surface area contributed by atoms with Gasteiger partial charge in [-0.05, 0) is 37.5 Å². The maximum Gasteiger partial charge on any atom is 0.273 e. The van der Waals surface area contributed by atoms with Gasteiger partial charge in [-0.15, -0.1) is 0 Å². The molecule has 0 bridgehead atoms. The molecule has 5 rings (SSSR count). The average molecular weight is 446 g/mol. The van der Waals surface area contributed by atoms with Gasteiger partial charge in [-0.3, -0.25) is 15.0 Å². The van der Waals surface area contributed by atoms with Crippen molar-refractivity contribution in [1.82, 2.24) is 14.9 Å². The normalized spacial score (nSPS) is 16.0. The summed E-state index contributed by atoms with van der Waals surface area (Å²) in [6, 6.07) is 14.9. The number of aryl methyl sites for hydroxylation is 1. The smallest absolute Gasteiger partial charge is 0.273 e. The standard InChI is InChI=1S/C25H27N5O3/c1-18-7-6-9-20(15-18)33-24-21-17-28(16-19-8-2-3-10-23(19)30(31)32)14-11-22(21)26-25(27-24)29-12-4-5-13-29/h2-3,6-10,15H,4-5,11-14,16-17H2,1H3. The van der Waals surface area contributed by atoms with Crippen LogP contribution in [-0.4, -0.2) is 39.4 Å². The van der Waals surface area contributed by atoms with Crippen LogP contribution in [0.3, 0.4) is 0 Å². The van der Waals surface area contributed by atoms with E-state index in [0.717, 1.165) is 67.4 Å². The molecule has 0 saturated carbocycles. The summed E-state index contributed by atoms with van der Waals surface area (Å²) in [5, 5.41) is 11.5. The Kier molecular flexibility index (Phi) is 5.92. The molecule has 8 nitrogen and oxygen atoms in total. The molecule has 170 valence electrons. The second-order valence-corrected chi connectivity index (χ2v) is 8.71. The Hall–Kier alpha value is -3.52. The zero-order chi connectivity index (χ0) is 22.8. The Bertz CT molecular complexity index is 1180. The molecule has 0 aliphatic carbocycles. The predicted molar refractivity (Wildman–Crippen MR) is 126 cm³/mol. The van der Waals surface area contributed by atoms with Gasteiger partial charge in [-0.2, -0.15) is 4.98 Å². The Morgan fingerprint density at radius 2 is 1.88 bits per heavy atom. The van der Waals surface area contributed by atoms with Gasteiger partial charge in [-0.25, -0.2) is 4.98 Å². The van der Waals surface area contributed by atoms with Crippen LogP contribution in [0, 0.1) is 17.0 Å². The van der Waals surface area contributed by atoms with E-state index in [-0.39, 0.29) is 10.6 Å². The van der Waals surface area contributed by atoms with Gasteiger partial charge in [0.05, 0.1) is 16.2 Å². The third kappa shape index (κ3) is 4.66. The van der Waals surface area contributed by atoms with Gasteiger partial charge in [0.2, 0.25) is 11.8 Å². The number of ether oxygens (including phenoxy) is 1. The van der Waals surface area contributed by atoms with Crippen molar-refractivity contribution in [1.29, 1.82) is 0 Å². The van der Waals surface area contributed by atoms with E-state index in [0.29, 0.717) is 24.5 Å². The van der Waals surface area contributed by atoms with Crippen LogP contribution in [0.5, 0.6) is 11.6 Å². The average Bonchev–Trinajstić information content (AvgIpc) is 3.35. The van der Waals surface area contributed by atoms with Gasteiger partial charge in [0.25, 0.3) is 5.69 Å². The molecule has 8 heteroatoms. The van der Waals surface area contributed by atoms with Crippen molar-refractivity contribution in [3.63, 3.8) is 0 Å². The lowest BCUT2D eigenvalue weighted by Crippen LogP contribution is -2.32. The fourth-order valence-corrected chi connectivity index (χ4v) is 4.56. The van der Waals surface area contributed by atoms with Crippen LogP contribution in [0.1, 0.15) is 35.2 Å². The number of rotatable bonds is 6. The second-order valence-electron chi connectivity index (χ2n) is 8.71. The molecule has 0 amide bonds. The number of nitrogens with zero attached hydrogens (tertiary/aromatic N) is 5. The Morgan fingerprint density at radius 3 is 2.67 bits per heavy atom. The summed E-state index contributed by atoms with van der Waals surface area (Å²) in [5.41, 5.74) is 3.95. The van der Waals surface area contributed by atoms with Crippen LogP contribution in [0.25, 0.3) is 0 Å². The highest BCUT2D eigenvalue weighted by atomic mass is 16.6. The van der Waals surface area contributed by atoms with Crippen LogP contribution in [0.15, 0.2) is 48.5 Å². The van der Waals surface area contributed by atoms with Gasteiger partial charge in [-0.1, -0.05) is 30.3 Å². The molecule has 1 fully saturated rings. The van der Waals surface area contributed by atoms with Crippen LogP contribution in [0.2, 0.25) is 0 Å². The quantitative estimate of drug-likeness (QED) is 0.403. The number of anilines is 1. The number of hydrogen-bond donors (Lipinski definition) is 0. The Labute approximate surface area is 193 Å². The van der Waals surface area contributed by atoms with Crippen molar-refractivity contribution >= 4 is 11.6 Å². The molecule has 2 aliphatic rings. The number of para-hydroxylation sites is 1. The first kappa shape index (κ1) is 21.3. The van der Waals surface area contributed by atoms with E-state index in [1.165, 1.54) is 0 Å². The van der Waals surface area contributed by atoms with E-state index < -0.39 is 0 Å². The summed E-state index contributed by atoms with van der Waals surface area (Å²) in [7, 11) is 0. The molecule has 0 spiro atoms. The molecule has 3 aromatic rings. The number of nitro benzene ring substituents is 1. The molecule has 33 heavy (non-hydrogen) atoms. The zero-order valence-electron chi connectivity index (χ0n) is 18.7. The van der Waals surface area contributed by atoms with Gasteiger partial charge in [0.15, 0.2) is 0 Å². The van der Waals surface area contributed by atoms with Crippen LogP contribution in [-0.2, 0) is 19.5 Å². The highest BCUT2D eigenvalue weighted by Crippen LogP contribution is 2.33. The molecule has 3 heterocycles. The highest BCUT2D eigenvalue weighted by Gasteiger charge is 2.27. The maximum atomic E-state index is 11.5. The molecule has 1 saturated heterocycles. The molecule has 1 aromatic heterocycles. The summed E-state index contributed by atoms with van der Waals surface area (Å²) < 4.78 is 6.31. The molecule has 0 N–H and O–H groups in total. The molecular formula is C25H27N5O3. The van der Waals surface area contributed by atoms with Gasteiger partial charge in [0.1, 0.15) is 5.75 Å². The fourth-order valence-electron chi connectivity index (χ4n) is 4.56. The molecule has 2 aliphatic heterocycles. The number of hydrogen-bond acceptors (Lipinski definition) is 7. The summed E-state index contributed by atoms with van der Waals surface area (Å²) >= 11 is 0. The molecule has 0 radical (unpaired) electrons. The number of fused-ring (bicyclic) bond motifs is 1. The third-order valence-electron chi connectivity index (χ3n) is 6.26. The molecule has 2 aromatic carbocycles. The van der Waals surface area contributed by atoms with Crippen molar-refractivity contribution in [2.75, 3.05) is 24.5 Å². The summed E-state index contributed by atoms with van der Waals surface area (Å²) in [6.45, 7) is 5.82. The van der Waals surface area contributed by atoms with Crippen LogP contribution in [0.4, 0.5) is 11.6 Å². The fraction of sp³-hybridized carbons (Fsp3) is 0.360. The van der Waals surface area contributed by atoms with Crippen molar-refractivity contribution in [2.24, 2.45) is 0 Å². The first-order chi connectivity index (χ1) is 16.1. The molecular weight excluding hydrogens is 418 g/mol. The van der Waals surface area contributed by atoms with Gasteiger partial charge >= 0.3 is 0 Å². The zero-order valence-corrected chi connectivity index (χ0v) is 18.7. The lowest BCUT2D eigenvalue weighted by Gasteiger charge is -2.30. The molecule has 0 atom stereocenters. The summed E-state index contributed by atoms with van der Waals surface area (Å²) in [6.07, 6.45) is 3.06. The third-order valence-corrected chi connectivity index (χ3v) is 6.26. The van der Waals surface area contributed by atoms with E-state index >= 15 is 0 Å². The number of nitro groups is 1. The number of aromatic nitrogens is 2. The van der Waals surface area contributed by atoms with Gasteiger partial charge < -0.3 is 9.64 Å². The lowest BCUT2D eigenvalue weighted by molar-refractivity contribution is -0.385. The van der Waals surface area contributed by atoms with E-state index in [9.17, 15) is 10.1 Å². The second kappa shape index (κ2) is 9.15. The van der Waals surface area contributed by atoms with Crippen molar-refractivity contribution in [3.8, 4) is 11.6 Å². The van der Waals surface area contributed by atoms with E-state index in [1.54, 1.807) is 12.1 Å². The predicted octanol–water partition coefficient (Wildman–Crippen LogP) is 4.64. The van der Waals surface area contributed by atoms with E-state index in [4.69, 9.17) is 14.7 Å². The number of benzene rings is 2. The maximum absolute atomic E-state index is 11.5.